The SMILES string of the molecule is CCCNCC1CCCCN1c1ccncc1. The van der Waals surface area contributed by atoms with E-state index >= 15 is 0 Å². The Morgan fingerprint density at radius 3 is 2.94 bits per heavy atom. The fraction of sp³-hybridized carbons (Fsp3) is 0.643. The van der Waals surface area contributed by atoms with Gasteiger partial charge in [0.15, 0.2) is 0 Å². The zero-order valence-electron chi connectivity index (χ0n) is 10.7. The fourth-order valence-electron chi connectivity index (χ4n) is 2.53. The van der Waals surface area contributed by atoms with Gasteiger partial charge >= 0.3 is 0 Å². The number of anilines is 1. The number of piperidine rings is 1. The van der Waals surface area contributed by atoms with Gasteiger partial charge in [-0.25, -0.2) is 0 Å². The monoisotopic (exact) mass is 233 g/mol. The second-order valence-corrected chi connectivity index (χ2v) is 4.75. The van der Waals surface area contributed by atoms with Gasteiger partial charge in [0.05, 0.1) is 0 Å². The number of rotatable bonds is 5. The van der Waals surface area contributed by atoms with Gasteiger partial charge < -0.3 is 10.2 Å². The highest BCUT2D eigenvalue weighted by Gasteiger charge is 2.21. The summed E-state index contributed by atoms with van der Waals surface area (Å²) in [5.74, 6) is 0. The Kier molecular flexibility index (Phi) is 4.80. The van der Waals surface area contributed by atoms with Crippen LogP contribution in [0.1, 0.15) is 32.6 Å². The molecule has 0 radical (unpaired) electrons. The van der Waals surface area contributed by atoms with Gasteiger partial charge in [-0.15, -0.1) is 0 Å². The third-order valence-corrected chi connectivity index (χ3v) is 3.43. The molecule has 94 valence electrons. The Balaban J connectivity index is 1.97. The predicted molar refractivity (Wildman–Crippen MR) is 72.4 cm³/mol. The molecule has 1 aromatic rings. The van der Waals surface area contributed by atoms with Crippen LogP contribution in [0.5, 0.6) is 0 Å². The second kappa shape index (κ2) is 6.60. The molecular weight excluding hydrogens is 210 g/mol. The van der Waals surface area contributed by atoms with Crippen LogP contribution in [0.25, 0.3) is 0 Å². The molecule has 1 fully saturated rings. The standard InChI is InChI=1S/C14H23N3/c1-2-8-16-12-14-5-3-4-11-17(14)13-6-9-15-10-7-13/h6-7,9-10,14,16H,2-5,8,11-12H2,1H3. The minimum Gasteiger partial charge on any atom is -0.367 e. The predicted octanol–water partition coefficient (Wildman–Crippen LogP) is 2.44. The highest BCUT2D eigenvalue weighted by Crippen LogP contribution is 2.23. The van der Waals surface area contributed by atoms with Crippen molar-refractivity contribution in [3.8, 4) is 0 Å². The van der Waals surface area contributed by atoms with E-state index in [-0.39, 0.29) is 0 Å². The Labute approximate surface area is 104 Å². The smallest absolute Gasteiger partial charge is 0.0414 e. The van der Waals surface area contributed by atoms with Crippen molar-refractivity contribution in [3.05, 3.63) is 24.5 Å². The molecule has 1 aliphatic rings. The summed E-state index contributed by atoms with van der Waals surface area (Å²) in [6.45, 7) is 5.63. The van der Waals surface area contributed by atoms with Gasteiger partial charge in [-0.3, -0.25) is 4.98 Å². The first-order valence-electron chi connectivity index (χ1n) is 6.79. The first-order chi connectivity index (χ1) is 8.42. The Hall–Kier alpha value is -1.09. The molecular formula is C14H23N3. The fourth-order valence-corrected chi connectivity index (χ4v) is 2.53. The molecule has 1 atom stereocenters. The van der Waals surface area contributed by atoms with Crippen molar-refractivity contribution in [1.82, 2.24) is 10.3 Å². The molecule has 0 bridgehead atoms. The van der Waals surface area contributed by atoms with Crippen LogP contribution in [-0.4, -0.2) is 30.7 Å². The van der Waals surface area contributed by atoms with E-state index in [1.54, 1.807) is 0 Å². The lowest BCUT2D eigenvalue weighted by atomic mass is 10.0. The molecule has 3 heteroatoms. The molecule has 1 unspecified atom stereocenters. The highest BCUT2D eigenvalue weighted by atomic mass is 15.2. The van der Waals surface area contributed by atoms with E-state index < -0.39 is 0 Å². The normalized spacial score (nSPS) is 20.5. The van der Waals surface area contributed by atoms with Crippen molar-refractivity contribution < 1.29 is 0 Å². The van der Waals surface area contributed by atoms with Crippen LogP contribution in [0.3, 0.4) is 0 Å². The molecule has 1 aliphatic heterocycles. The average Bonchev–Trinajstić information content (AvgIpc) is 2.41. The summed E-state index contributed by atoms with van der Waals surface area (Å²) < 4.78 is 0. The van der Waals surface area contributed by atoms with Crippen molar-refractivity contribution in [1.29, 1.82) is 0 Å². The van der Waals surface area contributed by atoms with Gasteiger partial charge in [-0.1, -0.05) is 6.92 Å². The molecule has 0 amide bonds. The molecule has 0 aromatic carbocycles. The van der Waals surface area contributed by atoms with Crippen LogP contribution in [0.2, 0.25) is 0 Å². The minimum atomic E-state index is 0.651. The quantitative estimate of drug-likeness (QED) is 0.792. The maximum Gasteiger partial charge on any atom is 0.0414 e. The highest BCUT2D eigenvalue weighted by molar-refractivity contribution is 5.46. The number of nitrogens with zero attached hydrogens (tertiary/aromatic N) is 2. The van der Waals surface area contributed by atoms with Gasteiger partial charge in [0, 0.05) is 37.2 Å². The summed E-state index contributed by atoms with van der Waals surface area (Å²) in [4.78, 5) is 6.63. The Morgan fingerprint density at radius 1 is 1.35 bits per heavy atom. The van der Waals surface area contributed by atoms with Crippen molar-refractivity contribution in [2.75, 3.05) is 24.5 Å². The number of aromatic nitrogens is 1. The van der Waals surface area contributed by atoms with Gasteiger partial charge in [-0.2, -0.15) is 0 Å². The largest absolute Gasteiger partial charge is 0.367 e. The topological polar surface area (TPSA) is 28.2 Å². The summed E-state index contributed by atoms with van der Waals surface area (Å²) in [6, 6.07) is 4.90. The Morgan fingerprint density at radius 2 is 2.18 bits per heavy atom. The summed E-state index contributed by atoms with van der Waals surface area (Å²) in [5, 5.41) is 3.55. The van der Waals surface area contributed by atoms with Gasteiger partial charge in [0.1, 0.15) is 0 Å². The first kappa shape index (κ1) is 12.4. The van der Waals surface area contributed by atoms with E-state index in [2.05, 4.69) is 34.3 Å². The van der Waals surface area contributed by atoms with E-state index in [1.165, 1.54) is 37.9 Å². The summed E-state index contributed by atoms with van der Waals surface area (Å²) in [6.07, 6.45) is 8.97. The van der Waals surface area contributed by atoms with E-state index in [1.807, 2.05) is 12.4 Å². The van der Waals surface area contributed by atoms with Crippen LogP contribution < -0.4 is 10.2 Å². The van der Waals surface area contributed by atoms with Gasteiger partial charge in [-0.05, 0) is 44.4 Å². The number of pyridine rings is 1. The molecule has 2 heterocycles. The lowest BCUT2D eigenvalue weighted by Gasteiger charge is -2.37. The van der Waals surface area contributed by atoms with Gasteiger partial charge in [0.25, 0.3) is 0 Å². The number of hydrogen-bond donors (Lipinski definition) is 1. The van der Waals surface area contributed by atoms with Crippen molar-refractivity contribution in [3.63, 3.8) is 0 Å². The third kappa shape index (κ3) is 3.43. The Bertz CT molecular complexity index is 313. The van der Waals surface area contributed by atoms with Crippen LogP contribution in [0.15, 0.2) is 24.5 Å². The lowest BCUT2D eigenvalue weighted by Crippen LogP contribution is -2.45. The molecule has 1 saturated heterocycles. The van der Waals surface area contributed by atoms with Crippen molar-refractivity contribution in [2.24, 2.45) is 0 Å². The average molecular weight is 233 g/mol. The van der Waals surface area contributed by atoms with Crippen LogP contribution in [-0.2, 0) is 0 Å². The maximum atomic E-state index is 4.10. The molecule has 0 spiro atoms. The molecule has 2 rings (SSSR count). The first-order valence-corrected chi connectivity index (χ1v) is 6.79. The third-order valence-electron chi connectivity index (χ3n) is 3.43. The maximum absolute atomic E-state index is 4.10. The van der Waals surface area contributed by atoms with Crippen LogP contribution >= 0.6 is 0 Å². The van der Waals surface area contributed by atoms with Crippen LogP contribution in [0.4, 0.5) is 5.69 Å². The molecule has 3 nitrogen and oxygen atoms in total. The minimum absolute atomic E-state index is 0.651. The van der Waals surface area contributed by atoms with E-state index in [0.29, 0.717) is 6.04 Å². The number of nitrogens with one attached hydrogen (secondary N) is 1. The summed E-state index contributed by atoms with van der Waals surface area (Å²) in [7, 11) is 0. The zero-order chi connectivity index (χ0) is 11.9. The lowest BCUT2D eigenvalue weighted by molar-refractivity contribution is 0.435. The number of hydrogen-bond acceptors (Lipinski definition) is 3. The van der Waals surface area contributed by atoms with E-state index in [4.69, 9.17) is 0 Å². The van der Waals surface area contributed by atoms with Crippen LogP contribution in [0, 0.1) is 0 Å². The molecule has 0 saturated carbocycles. The molecule has 1 aromatic heterocycles. The summed E-state index contributed by atoms with van der Waals surface area (Å²) in [5.41, 5.74) is 1.32. The molecule has 17 heavy (non-hydrogen) atoms. The van der Waals surface area contributed by atoms with Gasteiger partial charge in [0.2, 0.25) is 0 Å². The van der Waals surface area contributed by atoms with E-state index in [0.717, 1.165) is 13.1 Å². The molecule has 0 aliphatic carbocycles. The van der Waals surface area contributed by atoms with Crippen molar-refractivity contribution >= 4 is 5.69 Å². The van der Waals surface area contributed by atoms with E-state index in [9.17, 15) is 0 Å². The second-order valence-electron chi connectivity index (χ2n) is 4.75. The summed E-state index contributed by atoms with van der Waals surface area (Å²) >= 11 is 0. The zero-order valence-corrected chi connectivity index (χ0v) is 10.7. The molecule has 1 N–H and O–H groups in total. The van der Waals surface area contributed by atoms with Crippen molar-refractivity contribution in [2.45, 2.75) is 38.6 Å².